The molecular weight excluding hydrogens is 478 g/mol. The maximum Gasteiger partial charge on any atom is 0.252 e. The van der Waals surface area contributed by atoms with Crippen LogP contribution in [0.15, 0.2) is 30.4 Å². The molecule has 1 aromatic carbocycles. The predicted molar refractivity (Wildman–Crippen MR) is 139 cm³/mol. The van der Waals surface area contributed by atoms with Crippen molar-refractivity contribution in [1.82, 2.24) is 20.4 Å². The molecule has 0 saturated carbocycles. The van der Waals surface area contributed by atoms with Crippen LogP contribution < -0.4 is 11.1 Å². The van der Waals surface area contributed by atoms with E-state index in [4.69, 9.17) is 10.5 Å². The highest BCUT2D eigenvalue weighted by molar-refractivity contribution is 5.91. The molecule has 37 heavy (non-hydrogen) atoms. The number of amides is 2. The third kappa shape index (κ3) is 7.07. The molecule has 1 saturated heterocycles. The van der Waals surface area contributed by atoms with Crippen LogP contribution in [0.4, 0.5) is 5.82 Å². The average molecular weight is 518 g/mol. The Hall–Kier alpha value is -2.99. The maximum absolute atomic E-state index is 13.3. The lowest BCUT2D eigenvalue weighted by atomic mass is 9.99. The van der Waals surface area contributed by atoms with Crippen molar-refractivity contribution in [2.45, 2.75) is 76.5 Å². The SMILES string of the molecule is CCC(C)C=C[C@@H](O)[C@H](O)[C@@H](O)[C@@H](OC)C(=O)N[C@H]1CCCCN(Cc2ccc3[nH]nc(N)c3c2)C1=O. The number of hydrogen-bond donors (Lipinski definition) is 6. The van der Waals surface area contributed by atoms with Crippen molar-refractivity contribution in [2.24, 2.45) is 5.92 Å². The number of fused-ring (bicyclic) bond motifs is 1. The molecular formula is C26H39N5O6. The summed E-state index contributed by atoms with van der Waals surface area (Å²) in [5.41, 5.74) is 7.60. The van der Waals surface area contributed by atoms with E-state index in [0.717, 1.165) is 35.7 Å². The number of nitrogens with one attached hydrogen (secondary N) is 2. The van der Waals surface area contributed by atoms with E-state index in [9.17, 15) is 24.9 Å². The second kappa shape index (κ2) is 13.0. The largest absolute Gasteiger partial charge is 0.387 e. The lowest BCUT2D eigenvalue weighted by Gasteiger charge is -2.29. The normalized spacial score (nSPS) is 21.0. The molecule has 2 aromatic rings. The molecule has 1 aromatic heterocycles. The van der Waals surface area contributed by atoms with Gasteiger partial charge < -0.3 is 36.0 Å². The molecule has 11 nitrogen and oxygen atoms in total. The van der Waals surface area contributed by atoms with Crippen molar-refractivity contribution < 1.29 is 29.6 Å². The van der Waals surface area contributed by atoms with Crippen molar-refractivity contribution in [3.05, 3.63) is 35.9 Å². The van der Waals surface area contributed by atoms with Gasteiger partial charge in [-0.2, -0.15) is 5.10 Å². The van der Waals surface area contributed by atoms with Gasteiger partial charge in [-0.1, -0.05) is 38.5 Å². The molecule has 1 unspecified atom stereocenters. The predicted octanol–water partition coefficient (Wildman–Crippen LogP) is 0.842. The number of hydrogen-bond acceptors (Lipinski definition) is 8. The van der Waals surface area contributed by atoms with E-state index in [0.29, 0.717) is 25.3 Å². The van der Waals surface area contributed by atoms with Crippen LogP contribution in [-0.2, 0) is 20.9 Å². The van der Waals surface area contributed by atoms with E-state index in [2.05, 4.69) is 15.5 Å². The zero-order chi connectivity index (χ0) is 27.1. The van der Waals surface area contributed by atoms with Gasteiger partial charge in [0.25, 0.3) is 5.91 Å². The van der Waals surface area contributed by atoms with E-state index in [1.54, 1.807) is 11.0 Å². The fourth-order valence-corrected chi connectivity index (χ4v) is 4.39. The fourth-order valence-electron chi connectivity index (χ4n) is 4.39. The molecule has 1 aliphatic heterocycles. The topological polar surface area (TPSA) is 174 Å². The highest BCUT2D eigenvalue weighted by Crippen LogP contribution is 2.22. The number of nitrogen functional groups attached to an aromatic ring is 1. The minimum atomic E-state index is -1.70. The van der Waals surface area contributed by atoms with Gasteiger partial charge in [-0.05, 0) is 42.9 Å². The molecule has 2 heterocycles. The maximum atomic E-state index is 13.3. The van der Waals surface area contributed by atoms with Gasteiger partial charge in [-0.3, -0.25) is 14.7 Å². The molecule has 0 spiro atoms. The molecule has 7 N–H and O–H groups in total. The minimum absolute atomic E-state index is 0.184. The molecule has 3 rings (SSSR count). The molecule has 1 aliphatic rings. The summed E-state index contributed by atoms with van der Waals surface area (Å²) in [6.45, 7) is 4.82. The quantitative estimate of drug-likeness (QED) is 0.238. The molecule has 11 heteroatoms. The molecule has 2 amide bonds. The number of methoxy groups -OCH3 is 1. The second-order valence-corrected chi connectivity index (χ2v) is 9.70. The summed E-state index contributed by atoms with van der Waals surface area (Å²) in [4.78, 5) is 28.0. The first-order chi connectivity index (χ1) is 17.7. The Labute approximate surface area is 216 Å². The van der Waals surface area contributed by atoms with Gasteiger partial charge >= 0.3 is 0 Å². The Bertz CT molecular complexity index is 1090. The number of aliphatic hydroxyl groups excluding tert-OH is 3. The van der Waals surface area contributed by atoms with Gasteiger partial charge in [-0.15, -0.1) is 0 Å². The van der Waals surface area contributed by atoms with Crippen molar-refractivity contribution in [3.63, 3.8) is 0 Å². The lowest BCUT2D eigenvalue weighted by Crippen LogP contribution is -2.55. The Morgan fingerprint density at radius 3 is 2.76 bits per heavy atom. The van der Waals surface area contributed by atoms with Gasteiger partial charge in [0.2, 0.25) is 5.91 Å². The zero-order valence-corrected chi connectivity index (χ0v) is 21.6. The van der Waals surface area contributed by atoms with Crippen LogP contribution in [0.25, 0.3) is 10.9 Å². The molecule has 1 fully saturated rings. The highest BCUT2D eigenvalue weighted by atomic mass is 16.5. The molecule has 6 atom stereocenters. The van der Waals surface area contributed by atoms with Crippen LogP contribution in [0.5, 0.6) is 0 Å². The number of rotatable bonds is 11. The summed E-state index contributed by atoms with van der Waals surface area (Å²) in [6.07, 6.45) is -0.292. The fraction of sp³-hybridized carbons (Fsp3) is 0.577. The van der Waals surface area contributed by atoms with Gasteiger partial charge in [-0.25, -0.2) is 0 Å². The highest BCUT2D eigenvalue weighted by Gasteiger charge is 2.37. The van der Waals surface area contributed by atoms with E-state index < -0.39 is 36.4 Å². The van der Waals surface area contributed by atoms with Crippen molar-refractivity contribution in [3.8, 4) is 0 Å². The number of carbonyl (C=O) groups is 2. The minimum Gasteiger partial charge on any atom is -0.387 e. The number of carbonyl (C=O) groups excluding carboxylic acids is 2. The van der Waals surface area contributed by atoms with Crippen LogP contribution in [0.2, 0.25) is 0 Å². The number of aromatic amines is 1. The average Bonchev–Trinajstić information content (AvgIpc) is 3.18. The molecule has 0 radical (unpaired) electrons. The number of benzene rings is 1. The number of nitrogens with two attached hydrogens (primary N) is 1. The van der Waals surface area contributed by atoms with Crippen LogP contribution in [0.3, 0.4) is 0 Å². The second-order valence-electron chi connectivity index (χ2n) is 9.70. The lowest BCUT2D eigenvalue weighted by molar-refractivity contribution is -0.151. The summed E-state index contributed by atoms with van der Waals surface area (Å²) in [7, 11) is 1.22. The number of H-pyrrole nitrogens is 1. The number of likely N-dealkylation sites (tertiary alicyclic amines) is 1. The smallest absolute Gasteiger partial charge is 0.252 e. The Balaban J connectivity index is 1.66. The van der Waals surface area contributed by atoms with E-state index >= 15 is 0 Å². The van der Waals surface area contributed by atoms with E-state index in [1.807, 2.05) is 32.0 Å². The van der Waals surface area contributed by atoms with Crippen molar-refractivity contribution >= 4 is 28.5 Å². The summed E-state index contributed by atoms with van der Waals surface area (Å²) in [5, 5.41) is 41.5. The first kappa shape index (κ1) is 28.6. The molecule has 0 bridgehead atoms. The van der Waals surface area contributed by atoms with Crippen molar-refractivity contribution in [1.29, 1.82) is 0 Å². The summed E-state index contributed by atoms with van der Waals surface area (Å²) in [6, 6.07) is 4.83. The number of nitrogens with zero attached hydrogens (tertiary/aromatic N) is 2. The van der Waals surface area contributed by atoms with Gasteiger partial charge in [0, 0.05) is 25.6 Å². The first-order valence-electron chi connectivity index (χ1n) is 12.7. The number of allylic oxidation sites excluding steroid dienone is 1. The standard InChI is InChI=1S/C26H39N5O6/c1-4-15(2)8-11-20(32)21(33)22(34)23(37-3)25(35)28-19-7-5-6-12-31(26(19)36)14-16-9-10-18-17(13-16)24(27)30-29-18/h8-11,13,15,19-23,32-34H,4-7,12,14H2,1-3H3,(H,28,35)(H3,27,29,30)/t15?,19-,20+,21-,22+,23+/m0/s1. The summed E-state index contributed by atoms with van der Waals surface area (Å²) in [5.74, 6) is -0.410. The third-order valence-corrected chi connectivity index (χ3v) is 6.93. The number of aliphatic hydroxyl groups is 3. The van der Waals surface area contributed by atoms with Crippen LogP contribution in [0.1, 0.15) is 45.1 Å². The van der Waals surface area contributed by atoms with Crippen molar-refractivity contribution in [2.75, 3.05) is 19.4 Å². The third-order valence-electron chi connectivity index (χ3n) is 6.93. The van der Waals surface area contributed by atoms with E-state index in [1.165, 1.54) is 13.2 Å². The zero-order valence-electron chi connectivity index (χ0n) is 21.6. The monoisotopic (exact) mass is 517 g/mol. The summed E-state index contributed by atoms with van der Waals surface area (Å²) < 4.78 is 5.16. The van der Waals surface area contributed by atoms with Crippen LogP contribution in [-0.4, -0.2) is 86.3 Å². The molecule has 204 valence electrons. The molecule has 0 aliphatic carbocycles. The van der Waals surface area contributed by atoms with E-state index in [-0.39, 0.29) is 11.8 Å². The Morgan fingerprint density at radius 2 is 2.05 bits per heavy atom. The van der Waals surface area contributed by atoms with Gasteiger partial charge in [0.05, 0.1) is 5.52 Å². The number of ether oxygens (including phenoxy) is 1. The van der Waals surface area contributed by atoms with Gasteiger partial charge in [0.1, 0.15) is 24.4 Å². The Morgan fingerprint density at radius 1 is 1.30 bits per heavy atom. The van der Waals surface area contributed by atoms with Crippen LogP contribution >= 0.6 is 0 Å². The van der Waals surface area contributed by atoms with Gasteiger partial charge in [0.15, 0.2) is 11.9 Å². The number of aromatic nitrogens is 2. The number of anilines is 1. The Kier molecular flexibility index (Phi) is 10.0. The first-order valence-corrected chi connectivity index (χ1v) is 12.7. The summed E-state index contributed by atoms with van der Waals surface area (Å²) >= 11 is 0. The van der Waals surface area contributed by atoms with Crippen LogP contribution in [0, 0.1) is 5.92 Å².